The number of aliphatic carboxylic acids is 1. The molecule has 0 heterocycles. The van der Waals surface area contributed by atoms with E-state index in [2.05, 4.69) is 26.6 Å². The normalized spacial score (nSPS) is 15.0. The van der Waals surface area contributed by atoms with Crippen molar-refractivity contribution >= 4 is 47.3 Å². The second-order valence-corrected chi connectivity index (χ2v) is 11.9. The molecule has 16 heteroatoms. The van der Waals surface area contributed by atoms with Gasteiger partial charge in [-0.1, -0.05) is 44.2 Å². The van der Waals surface area contributed by atoms with Gasteiger partial charge in [0.1, 0.15) is 30.2 Å². The van der Waals surface area contributed by atoms with E-state index in [9.17, 15) is 44.1 Å². The SMILES string of the molecule is CSCC[C@H](N)C(=O)N[C@@H](CC(C)C)C(=O)N[C@@H](CO)C(=O)N[C@@H](C)C(=O)N[C@@H](Cc1ccccc1)C(=O)N[C@@H](CO)C(=O)O. The van der Waals surface area contributed by atoms with Crippen LogP contribution in [0.25, 0.3) is 0 Å². The van der Waals surface area contributed by atoms with Crippen LogP contribution in [0.4, 0.5) is 0 Å². The molecule has 5 amide bonds. The highest BCUT2D eigenvalue weighted by atomic mass is 32.2. The summed E-state index contributed by atoms with van der Waals surface area (Å²) in [5.41, 5.74) is 6.56. The fourth-order valence-electron chi connectivity index (χ4n) is 4.02. The highest BCUT2D eigenvalue weighted by molar-refractivity contribution is 7.98. The van der Waals surface area contributed by atoms with Crippen molar-refractivity contribution in [2.24, 2.45) is 11.7 Å². The lowest BCUT2D eigenvalue weighted by molar-refractivity contribution is -0.143. The molecule has 0 spiro atoms. The monoisotopic (exact) mass is 654 g/mol. The molecule has 1 aromatic rings. The number of carboxylic acids is 1. The molecule has 0 aliphatic heterocycles. The van der Waals surface area contributed by atoms with Gasteiger partial charge in [0.25, 0.3) is 0 Å². The molecule has 0 aliphatic carbocycles. The summed E-state index contributed by atoms with van der Waals surface area (Å²) in [6.07, 6.45) is 2.48. The van der Waals surface area contributed by atoms with Crippen molar-refractivity contribution in [3.63, 3.8) is 0 Å². The second-order valence-electron chi connectivity index (χ2n) is 10.9. The van der Waals surface area contributed by atoms with Gasteiger partial charge in [0.15, 0.2) is 0 Å². The number of nitrogens with two attached hydrogens (primary N) is 1. The number of carbonyl (C=O) groups excluding carboxylic acids is 5. The van der Waals surface area contributed by atoms with E-state index < -0.39 is 85.0 Å². The summed E-state index contributed by atoms with van der Waals surface area (Å²) in [4.78, 5) is 75.7. The number of rotatable bonds is 20. The molecular formula is C29H46N6O9S. The third kappa shape index (κ3) is 14.3. The first kappa shape index (κ1) is 39.3. The fraction of sp³-hybridized carbons (Fsp3) is 0.586. The summed E-state index contributed by atoms with van der Waals surface area (Å²) < 4.78 is 0. The zero-order valence-electron chi connectivity index (χ0n) is 25.9. The molecule has 10 N–H and O–H groups in total. The van der Waals surface area contributed by atoms with E-state index in [0.717, 1.165) is 0 Å². The van der Waals surface area contributed by atoms with Gasteiger partial charge in [-0.05, 0) is 43.3 Å². The lowest BCUT2D eigenvalue weighted by Gasteiger charge is -2.26. The van der Waals surface area contributed by atoms with Crippen LogP contribution in [-0.4, -0.2) is 112 Å². The largest absolute Gasteiger partial charge is 0.480 e. The molecule has 15 nitrogen and oxygen atoms in total. The minimum absolute atomic E-state index is 0.0159. The van der Waals surface area contributed by atoms with Gasteiger partial charge in [0.2, 0.25) is 29.5 Å². The topological polar surface area (TPSA) is 249 Å². The molecule has 0 radical (unpaired) electrons. The van der Waals surface area contributed by atoms with Gasteiger partial charge in [-0.15, -0.1) is 0 Å². The minimum atomic E-state index is -1.60. The lowest BCUT2D eigenvalue weighted by atomic mass is 10.0. The number of aliphatic hydroxyl groups excluding tert-OH is 2. The van der Waals surface area contributed by atoms with Crippen LogP contribution in [0.15, 0.2) is 30.3 Å². The van der Waals surface area contributed by atoms with Gasteiger partial charge in [-0.25, -0.2) is 4.79 Å². The van der Waals surface area contributed by atoms with Gasteiger partial charge in [-0.2, -0.15) is 11.8 Å². The number of carbonyl (C=O) groups is 6. The van der Waals surface area contributed by atoms with Gasteiger partial charge in [0, 0.05) is 6.42 Å². The Morgan fingerprint density at radius 3 is 1.78 bits per heavy atom. The fourth-order valence-corrected chi connectivity index (χ4v) is 4.51. The van der Waals surface area contributed by atoms with Crippen molar-refractivity contribution in [2.45, 2.75) is 76.3 Å². The zero-order chi connectivity index (χ0) is 34.1. The molecular weight excluding hydrogens is 608 g/mol. The first-order valence-electron chi connectivity index (χ1n) is 14.5. The first-order valence-corrected chi connectivity index (χ1v) is 15.9. The van der Waals surface area contributed by atoms with Crippen molar-refractivity contribution < 1.29 is 44.1 Å². The summed E-state index contributed by atoms with van der Waals surface area (Å²) in [6, 6.07) is 1.08. The average molecular weight is 655 g/mol. The van der Waals surface area contributed by atoms with Crippen molar-refractivity contribution in [1.82, 2.24) is 26.6 Å². The lowest BCUT2D eigenvalue weighted by Crippen LogP contribution is -2.60. The molecule has 1 aromatic carbocycles. The van der Waals surface area contributed by atoms with Crippen LogP contribution in [-0.2, 0) is 35.2 Å². The Morgan fingerprint density at radius 1 is 0.733 bits per heavy atom. The number of carboxylic acid groups (broad SMARTS) is 1. The predicted octanol–water partition coefficient (Wildman–Crippen LogP) is -2.13. The van der Waals surface area contributed by atoms with Crippen LogP contribution in [0.5, 0.6) is 0 Å². The highest BCUT2D eigenvalue weighted by Gasteiger charge is 2.31. The number of nitrogens with one attached hydrogen (secondary N) is 5. The minimum Gasteiger partial charge on any atom is -0.480 e. The van der Waals surface area contributed by atoms with Gasteiger partial charge in [0.05, 0.1) is 19.3 Å². The molecule has 0 aliphatic rings. The van der Waals surface area contributed by atoms with Crippen molar-refractivity contribution in [2.75, 3.05) is 25.2 Å². The number of aliphatic hydroxyl groups is 2. The second kappa shape index (κ2) is 20.3. The highest BCUT2D eigenvalue weighted by Crippen LogP contribution is 2.08. The Bertz CT molecular complexity index is 1140. The Kier molecular flexibility index (Phi) is 17.8. The molecule has 45 heavy (non-hydrogen) atoms. The van der Waals surface area contributed by atoms with E-state index >= 15 is 0 Å². The average Bonchev–Trinajstić information content (AvgIpc) is 3.00. The molecule has 252 valence electrons. The molecule has 6 atom stereocenters. The van der Waals surface area contributed by atoms with Gasteiger partial charge in [-0.3, -0.25) is 24.0 Å². The Hall–Kier alpha value is -3.73. The van der Waals surface area contributed by atoms with Crippen LogP contribution in [0, 0.1) is 5.92 Å². The van der Waals surface area contributed by atoms with Crippen molar-refractivity contribution in [1.29, 1.82) is 0 Å². The maximum atomic E-state index is 13.1. The Balaban J connectivity index is 2.95. The predicted molar refractivity (Wildman–Crippen MR) is 168 cm³/mol. The molecule has 0 saturated carbocycles. The smallest absolute Gasteiger partial charge is 0.328 e. The number of hydrogen-bond acceptors (Lipinski definition) is 10. The van der Waals surface area contributed by atoms with Crippen LogP contribution in [0.1, 0.15) is 39.2 Å². The molecule has 0 bridgehead atoms. The Labute approximate surface area is 266 Å². The number of thioether (sulfide) groups is 1. The van der Waals surface area contributed by atoms with E-state index in [0.29, 0.717) is 17.7 Å². The van der Waals surface area contributed by atoms with E-state index in [1.54, 1.807) is 30.3 Å². The number of hydrogen-bond donors (Lipinski definition) is 9. The third-order valence-corrected chi connectivity index (χ3v) is 7.23. The van der Waals surface area contributed by atoms with Crippen LogP contribution < -0.4 is 32.3 Å². The summed E-state index contributed by atoms with van der Waals surface area (Å²) in [5.74, 6) is -4.69. The number of amides is 5. The van der Waals surface area contributed by atoms with E-state index in [1.807, 2.05) is 20.1 Å². The van der Waals surface area contributed by atoms with Crippen LogP contribution in [0.3, 0.4) is 0 Å². The molecule has 0 saturated heterocycles. The summed E-state index contributed by atoms with van der Waals surface area (Å²) in [5, 5.41) is 40.4. The summed E-state index contributed by atoms with van der Waals surface area (Å²) in [7, 11) is 0. The van der Waals surface area contributed by atoms with Crippen LogP contribution >= 0.6 is 11.8 Å². The first-order chi connectivity index (χ1) is 21.2. The zero-order valence-corrected chi connectivity index (χ0v) is 26.8. The van der Waals surface area contributed by atoms with E-state index in [4.69, 9.17) is 5.73 Å². The maximum Gasteiger partial charge on any atom is 0.328 e. The third-order valence-electron chi connectivity index (χ3n) is 6.59. The number of benzene rings is 1. The maximum absolute atomic E-state index is 13.1. The molecule has 1 rings (SSSR count). The van der Waals surface area contributed by atoms with Crippen molar-refractivity contribution in [3.8, 4) is 0 Å². The summed E-state index contributed by atoms with van der Waals surface area (Å²) >= 11 is 1.52. The quantitative estimate of drug-likeness (QED) is 0.0734. The standard InChI is InChI=1S/C29H46N6O9S/c1-16(2)12-20(33-25(39)19(30)10-11-45-4)26(40)34-22(14-36)28(42)31-17(3)24(38)32-21(13-18-8-6-5-7-9-18)27(41)35-23(15-37)29(43)44/h5-9,16-17,19-23,36-37H,10-15,30H2,1-4H3,(H,31,42)(H,32,38)(H,33,39)(H,34,40)(H,35,41)(H,43,44)/t17-,19-,20-,21-,22-,23-/m0/s1. The van der Waals surface area contributed by atoms with Gasteiger partial charge < -0.3 is 47.6 Å². The molecule has 0 aromatic heterocycles. The van der Waals surface area contributed by atoms with E-state index in [1.165, 1.54) is 18.7 Å². The Morgan fingerprint density at radius 2 is 1.24 bits per heavy atom. The molecule has 0 fully saturated rings. The van der Waals surface area contributed by atoms with Crippen molar-refractivity contribution in [3.05, 3.63) is 35.9 Å². The van der Waals surface area contributed by atoms with E-state index in [-0.39, 0.29) is 18.8 Å². The molecule has 0 unspecified atom stereocenters. The van der Waals surface area contributed by atoms with Gasteiger partial charge >= 0.3 is 5.97 Å². The van der Waals surface area contributed by atoms with Crippen LogP contribution in [0.2, 0.25) is 0 Å². The summed E-state index contributed by atoms with van der Waals surface area (Å²) in [6.45, 7) is 3.30.